The Morgan fingerprint density at radius 3 is 2.13 bits per heavy atom. The Kier molecular flexibility index (Phi) is 7.88. The molecular weight excluding hydrogens is 404 g/mol. The summed E-state index contributed by atoms with van der Waals surface area (Å²) in [6.07, 6.45) is 6.22. The highest BCUT2D eigenvalue weighted by atomic mass is 32.2. The molecule has 0 aliphatic carbocycles. The maximum absolute atomic E-state index is 12.9. The third kappa shape index (κ3) is 5.60. The van der Waals surface area contributed by atoms with E-state index < -0.39 is 10.0 Å². The number of nitrogens with zero attached hydrogens (tertiary/aromatic N) is 2. The molecular formula is C22H32N2O5S. The van der Waals surface area contributed by atoms with Crippen molar-refractivity contribution in [3.63, 3.8) is 0 Å². The lowest BCUT2D eigenvalue weighted by atomic mass is 9.96. The van der Waals surface area contributed by atoms with Crippen LogP contribution in [0.3, 0.4) is 0 Å². The number of likely N-dealkylation sites (tertiary alicyclic amines) is 1. The maximum atomic E-state index is 12.9. The Balaban J connectivity index is 1.51. The molecule has 3 rings (SSSR count). The summed E-state index contributed by atoms with van der Waals surface area (Å²) in [5.41, 5.74) is 0.947. The van der Waals surface area contributed by atoms with Crippen molar-refractivity contribution in [3.8, 4) is 0 Å². The summed E-state index contributed by atoms with van der Waals surface area (Å²) in [6.45, 7) is 2.33. The van der Waals surface area contributed by atoms with Crippen LogP contribution in [-0.2, 0) is 30.8 Å². The third-order valence-corrected chi connectivity index (χ3v) is 8.05. The van der Waals surface area contributed by atoms with E-state index in [1.54, 1.807) is 21.3 Å². The van der Waals surface area contributed by atoms with E-state index in [0.29, 0.717) is 56.8 Å². The summed E-state index contributed by atoms with van der Waals surface area (Å²) < 4.78 is 32.1. The van der Waals surface area contributed by atoms with Gasteiger partial charge in [-0.2, -0.15) is 4.31 Å². The van der Waals surface area contributed by atoms with Crippen molar-refractivity contribution in [1.29, 1.82) is 0 Å². The van der Waals surface area contributed by atoms with Gasteiger partial charge in [-0.1, -0.05) is 25.0 Å². The fraction of sp³-hybridized carbons (Fsp3) is 0.636. The number of amides is 1. The topological polar surface area (TPSA) is 84.0 Å². The Morgan fingerprint density at radius 2 is 1.57 bits per heavy atom. The molecule has 2 fully saturated rings. The van der Waals surface area contributed by atoms with Gasteiger partial charge < -0.3 is 9.64 Å². The number of esters is 1. The molecule has 2 aliphatic rings. The van der Waals surface area contributed by atoms with E-state index in [9.17, 15) is 18.0 Å². The highest BCUT2D eigenvalue weighted by Crippen LogP contribution is 2.22. The smallest absolute Gasteiger partial charge is 0.308 e. The molecule has 0 N–H and O–H groups in total. The van der Waals surface area contributed by atoms with Gasteiger partial charge >= 0.3 is 5.97 Å². The minimum atomic E-state index is -3.44. The molecule has 7 nitrogen and oxygen atoms in total. The van der Waals surface area contributed by atoms with E-state index in [2.05, 4.69) is 0 Å². The van der Waals surface area contributed by atoms with Crippen molar-refractivity contribution < 1.29 is 22.7 Å². The van der Waals surface area contributed by atoms with E-state index in [4.69, 9.17) is 4.74 Å². The molecule has 0 saturated carbocycles. The molecule has 166 valence electrons. The largest absolute Gasteiger partial charge is 0.469 e. The van der Waals surface area contributed by atoms with Crippen molar-refractivity contribution in [2.45, 2.75) is 56.3 Å². The molecule has 0 radical (unpaired) electrons. The first kappa shape index (κ1) is 22.7. The molecule has 1 aromatic carbocycles. The van der Waals surface area contributed by atoms with Crippen LogP contribution in [0.5, 0.6) is 0 Å². The minimum Gasteiger partial charge on any atom is -0.469 e. The number of aryl methyl sites for hydroxylation is 1. The van der Waals surface area contributed by atoms with E-state index in [1.165, 1.54) is 7.11 Å². The fourth-order valence-electron chi connectivity index (χ4n) is 4.20. The fourth-order valence-corrected chi connectivity index (χ4v) is 5.72. The summed E-state index contributed by atoms with van der Waals surface area (Å²) in [7, 11) is -2.05. The number of ether oxygens (including phenoxy) is 1. The van der Waals surface area contributed by atoms with Gasteiger partial charge in [0.25, 0.3) is 0 Å². The second-order valence-corrected chi connectivity index (χ2v) is 10.1. The minimum absolute atomic E-state index is 0.0691. The monoisotopic (exact) mass is 436 g/mol. The van der Waals surface area contributed by atoms with Crippen molar-refractivity contribution in [2.24, 2.45) is 5.92 Å². The number of carbonyl (C=O) groups excluding carboxylic acids is 2. The average Bonchev–Trinajstić information content (AvgIpc) is 3.07. The lowest BCUT2D eigenvalue weighted by Crippen LogP contribution is -2.40. The molecule has 2 aliphatic heterocycles. The molecule has 2 saturated heterocycles. The van der Waals surface area contributed by atoms with Crippen LogP contribution in [-0.4, -0.2) is 62.8 Å². The van der Waals surface area contributed by atoms with Crippen LogP contribution in [0.25, 0.3) is 0 Å². The zero-order chi connectivity index (χ0) is 21.6. The Morgan fingerprint density at radius 1 is 0.967 bits per heavy atom. The summed E-state index contributed by atoms with van der Waals surface area (Å²) in [4.78, 5) is 26.2. The second kappa shape index (κ2) is 10.4. The quantitative estimate of drug-likeness (QED) is 0.640. The number of benzene rings is 1. The van der Waals surface area contributed by atoms with E-state index in [1.807, 2.05) is 12.1 Å². The van der Waals surface area contributed by atoms with Gasteiger partial charge in [0.15, 0.2) is 0 Å². The van der Waals surface area contributed by atoms with Gasteiger partial charge in [-0.05, 0) is 49.8 Å². The number of rotatable bonds is 6. The van der Waals surface area contributed by atoms with Gasteiger partial charge in [-0.25, -0.2) is 8.42 Å². The van der Waals surface area contributed by atoms with Crippen molar-refractivity contribution in [3.05, 3.63) is 29.8 Å². The molecule has 30 heavy (non-hydrogen) atoms. The predicted octanol–water partition coefficient (Wildman–Crippen LogP) is 2.60. The summed E-state index contributed by atoms with van der Waals surface area (Å²) in [6, 6.07) is 6.92. The first-order chi connectivity index (χ1) is 14.4. The molecule has 0 unspecified atom stereocenters. The van der Waals surface area contributed by atoms with Gasteiger partial charge in [0.2, 0.25) is 15.9 Å². The number of methoxy groups -OCH3 is 1. The molecule has 0 atom stereocenters. The number of piperidine rings is 1. The van der Waals surface area contributed by atoms with Gasteiger partial charge in [0.1, 0.15) is 0 Å². The van der Waals surface area contributed by atoms with E-state index in [0.717, 1.165) is 31.2 Å². The number of hydrogen-bond donors (Lipinski definition) is 0. The highest BCUT2D eigenvalue weighted by Gasteiger charge is 2.28. The highest BCUT2D eigenvalue weighted by molar-refractivity contribution is 7.89. The predicted molar refractivity (Wildman–Crippen MR) is 113 cm³/mol. The van der Waals surface area contributed by atoms with E-state index in [-0.39, 0.29) is 17.8 Å². The van der Waals surface area contributed by atoms with Crippen molar-refractivity contribution in [1.82, 2.24) is 9.21 Å². The first-order valence-corrected chi connectivity index (χ1v) is 12.3. The number of carbonyl (C=O) groups is 2. The second-order valence-electron chi connectivity index (χ2n) is 8.14. The van der Waals surface area contributed by atoms with Gasteiger partial charge in [-0.3, -0.25) is 9.59 Å². The number of hydrogen-bond acceptors (Lipinski definition) is 5. The zero-order valence-electron chi connectivity index (χ0n) is 17.7. The number of sulfonamides is 1. The van der Waals surface area contributed by atoms with Crippen molar-refractivity contribution in [2.75, 3.05) is 33.3 Å². The molecule has 1 amide bonds. The van der Waals surface area contributed by atoms with E-state index >= 15 is 0 Å². The summed E-state index contributed by atoms with van der Waals surface area (Å²) in [5, 5.41) is 0. The molecule has 0 bridgehead atoms. The van der Waals surface area contributed by atoms with Gasteiger partial charge in [0, 0.05) is 32.6 Å². The third-order valence-electron chi connectivity index (χ3n) is 6.14. The molecule has 8 heteroatoms. The summed E-state index contributed by atoms with van der Waals surface area (Å²) in [5.74, 6) is -0.241. The molecule has 1 aromatic rings. The normalized spacial score (nSPS) is 19.3. The Hall–Kier alpha value is -1.93. The lowest BCUT2D eigenvalue weighted by molar-refractivity contribution is -0.148. The van der Waals surface area contributed by atoms with Crippen molar-refractivity contribution >= 4 is 21.9 Å². The van der Waals surface area contributed by atoms with Crippen LogP contribution < -0.4 is 0 Å². The molecule has 0 spiro atoms. The van der Waals surface area contributed by atoms with Crippen LogP contribution in [0.15, 0.2) is 29.2 Å². The Bertz CT molecular complexity index is 822. The maximum Gasteiger partial charge on any atom is 0.308 e. The standard InChI is InChI=1S/C22H32N2O5S/c1-29-22(26)19-12-16-23(17-13-19)21(25)11-8-18-6-9-20(10-7-18)30(27,28)24-14-4-2-3-5-15-24/h6-7,9-10,19H,2-5,8,11-17H2,1H3. The van der Waals surface area contributed by atoms with Crippen LogP contribution in [0, 0.1) is 5.92 Å². The SMILES string of the molecule is COC(=O)C1CCN(C(=O)CCc2ccc(S(=O)(=O)N3CCCCCC3)cc2)CC1. The molecule has 0 aromatic heterocycles. The lowest BCUT2D eigenvalue weighted by Gasteiger charge is -2.30. The first-order valence-electron chi connectivity index (χ1n) is 10.9. The van der Waals surface area contributed by atoms with Gasteiger partial charge in [0.05, 0.1) is 17.9 Å². The van der Waals surface area contributed by atoms with Crippen LogP contribution in [0.2, 0.25) is 0 Å². The van der Waals surface area contributed by atoms with Crippen LogP contribution in [0.4, 0.5) is 0 Å². The Labute approximate surface area is 179 Å². The molecule has 2 heterocycles. The van der Waals surface area contributed by atoms with Crippen LogP contribution >= 0.6 is 0 Å². The van der Waals surface area contributed by atoms with Crippen LogP contribution in [0.1, 0.15) is 50.5 Å². The zero-order valence-corrected chi connectivity index (χ0v) is 18.5. The van der Waals surface area contributed by atoms with Gasteiger partial charge in [-0.15, -0.1) is 0 Å². The average molecular weight is 437 g/mol. The summed E-state index contributed by atoms with van der Waals surface area (Å²) >= 11 is 0.